The molecule has 28 heavy (non-hydrogen) atoms. The third-order valence-electron chi connectivity index (χ3n) is 4.57. The number of nitrogens with zero attached hydrogens (tertiary/aromatic N) is 1. The third-order valence-corrected chi connectivity index (χ3v) is 4.57. The number of fused-ring (bicyclic) bond motifs is 1. The molecule has 1 heterocycles. The minimum atomic E-state index is -0.927. The van der Waals surface area contributed by atoms with Crippen LogP contribution in [0.25, 0.3) is 10.9 Å². The average molecular weight is 383 g/mol. The number of hydrazine groups is 1. The summed E-state index contributed by atoms with van der Waals surface area (Å²) in [4.78, 5) is 9.97. The Balaban J connectivity index is 1.77. The summed E-state index contributed by atoms with van der Waals surface area (Å²) in [6, 6.07) is 9.36. The summed E-state index contributed by atoms with van der Waals surface area (Å²) >= 11 is 0. The van der Waals surface area contributed by atoms with Crippen molar-refractivity contribution in [3.05, 3.63) is 58.8 Å². The SMILES string of the molecule is COc1cc2nccc(ONNC(O)c3c(C)cc(C)cc3C)c2cc1OC. The minimum absolute atomic E-state index is 0.531. The van der Waals surface area contributed by atoms with Crippen LogP contribution in [-0.4, -0.2) is 24.3 Å². The molecular weight excluding hydrogens is 358 g/mol. The monoisotopic (exact) mass is 383 g/mol. The number of hydrogen-bond donors (Lipinski definition) is 3. The molecule has 0 saturated heterocycles. The number of methoxy groups -OCH3 is 2. The van der Waals surface area contributed by atoms with E-state index in [-0.39, 0.29) is 0 Å². The molecule has 0 aliphatic heterocycles. The maximum absolute atomic E-state index is 10.5. The highest BCUT2D eigenvalue weighted by Gasteiger charge is 2.14. The smallest absolute Gasteiger partial charge is 0.162 e. The van der Waals surface area contributed by atoms with Crippen molar-refractivity contribution >= 4 is 10.9 Å². The van der Waals surface area contributed by atoms with Gasteiger partial charge in [0.1, 0.15) is 6.23 Å². The van der Waals surface area contributed by atoms with Gasteiger partial charge < -0.3 is 19.4 Å². The standard InChI is InChI=1S/C21H25N3O4/c1-12-8-13(2)20(14(3)9-12)21(25)23-24-28-17-6-7-22-16-11-19(27-5)18(26-4)10-15(16)17/h6-11,21,23-25H,1-5H3. The van der Waals surface area contributed by atoms with Crippen LogP contribution in [0.5, 0.6) is 17.2 Å². The van der Waals surface area contributed by atoms with Gasteiger partial charge in [-0.3, -0.25) is 4.98 Å². The lowest BCUT2D eigenvalue weighted by atomic mass is 9.99. The van der Waals surface area contributed by atoms with E-state index < -0.39 is 6.23 Å². The number of hydrogen-bond acceptors (Lipinski definition) is 7. The molecule has 0 spiro atoms. The van der Waals surface area contributed by atoms with E-state index in [1.165, 1.54) is 0 Å². The Morgan fingerprint density at radius 2 is 1.57 bits per heavy atom. The predicted octanol–water partition coefficient (Wildman–Crippen LogP) is 3.26. The first-order valence-corrected chi connectivity index (χ1v) is 8.88. The van der Waals surface area contributed by atoms with Crippen molar-refractivity contribution in [2.24, 2.45) is 0 Å². The summed E-state index contributed by atoms with van der Waals surface area (Å²) in [5.41, 5.74) is 10.1. The molecule has 7 heteroatoms. The Bertz CT molecular complexity index is 968. The van der Waals surface area contributed by atoms with Gasteiger partial charge >= 0.3 is 0 Å². The fourth-order valence-electron chi connectivity index (χ4n) is 3.37. The lowest BCUT2D eigenvalue weighted by Gasteiger charge is -2.19. The second kappa shape index (κ2) is 8.43. The van der Waals surface area contributed by atoms with Crippen molar-refractivity contribution in [2.75, 3.05) is 14.2 Å². The second-order valence-electron chi connectivity index (χ2n) is 6.60. The summed E-state index contributed by atoms with van der Waals surface area (Å²) in [6.07, 6.45) is 0.707. The lowest BCUT2D eigenvalue weighted by molar-refractivity contribution is 0.0432. The molecule has 0 aliphatic rings. The van der Waals surface area contributed by atoms with Crippen molar-refractivity contribution in [1.82, 2.24) is 16.0 Å². The van der Waals surface area contributed by atoms with E-state index in [4.69, 9.17) is 14.3 Å². The highest BCUT2D eigenvalue weighted by molar-refractivity contribution is 5.88. The number of aliphatic hydroxyl groups excluding tert-OH is 1. The number of nitrogens with one attached hydrogen (secondary N) is 2. The lowest BCUT2D eigenvalue weighted by Crippen LogP contribution is -2.38. The summed E-state index contributed by atoms with van der Waals surface area (Å²) in [5.74, 6) is 1.70. The molecule has 0 aliphatic carbocycles. The molecule has 1 aromatic heterocycles. The topological polar surface area (TPSA) is 84.9 Å². The zero-order valence-electron chi connectivity index (χ0n) is 16.7. The van der Waals surface area contributed by atoms with Gasteiger partial charge in [0.25, 0.3) is 0 Å². The van der Waals surface area contributed by atoms with Crippen LogP contribution in [0.3, 0.4) is 0 Å². The van der Waals surface area contributed by atoms with Crippen LogP contribution < -0.4 is 25.3 Å². The molecule has 3 rings (SSSR count). The molecule has 0 bridgehead atoms. The maximum Gasteiger partial charge on any atom is 0.162 e. The highest BCUT2D eigenvalue weighted by Crippen LogP contribution is 2.35. The number of aromatic nitrogens is 1. The number of pyridine rings is 1. The van der Waals surface area contributed by atoms with E-state index in [1.807, 2.05) is 32.9 Å². The summed E-state index contributed by atoms with van der Waals surface area (Å²) in [6.45, 7) is 5.97. The van der Waals surface area contributed by atoms with Gasteiger partial charge in [-0.15, -0.1) is 0 Å². The van der Waals surface area contributed by atoms with Crippen LogP contribution in [0.2, 0.25) is 0 Å². The van der Waals surface area contributed by atoms with Crippen molar-refractivity contribution in [2.45, 2.75) is 27.0 Å². The molecule has 0 saturated carbocycles. The van der Waals surface area contributed by atoms with Crippen LogP contribution in [0.4, 0.5) is 0 Å². The molecular formula is C21H25N3O4. The molecule has 2 aromatic carbocycles. The van der Waals surface area contributed by atoms with Crippen LogP contribution >= 0.6 is 0 Å². The zero-order valence-corrected chi connectivity index (χ0v) is 16.7. The van der Waals surface area contributed by atoms with Gasteiger partial charge in [0.05, 0.1) is 19.7 Å². The summed E-state index contributed by atoms with van der Waals surface area (Å²) in [5, 5.41) is 11.3. The van der Waals surface area contributed by atoms with Crippen molar-refractivity contribution in [3.63, 3.8) is 0 Å². The Morgan fingerprint density at radius 3 is 2.21 bits per heavy atom. The quantitative estimate of drug-likeness (QED) is 0.426. The maximum atomic E-state index is 10.5. The average Bonchev–Trinajstić information content (AvgIpc) is 2.66. The Labute approximate surface area is 164 Å². The number of benzene rings is 2. The van der Waals surface area contributed by atoms with Gasteiger partial charge in [0, 0.05) is 29.3 Å². The molecule has 148 valence electrons. The normalized spacial score (nSPS) is 12.1. The molecule has 0 fully saturated rings. The van der Waals surface area contributed by atoms with Gasteiger partial charge in [-0.25, -0.2) is 0 Å². The van der Waals surface area contributed by atoms with Crippen LogP contribution in [0, 0.1) is 20.8 Å². The molecule has 3 N–H and O–H groups in total. The zero-order chi connectivity index (χ0) is 20.3. The van der Waals surface area contributed by atoms with Gasteiger partial charge in [0.2, 0.25) is 0 Å². The third kappa shape index (κ3) is 4.01. The Morgan fingerprint density at radius 1 is 0.929 bits per heavy atom. The highest BCUT2D eigenvalue weighted by atomic mass is 16.7. The van der Waals surface area contributed by atoms with Crippen LogP contribution in [-0.2, 0) is 0 Å². The van der Waals surface area contributed by atoms with E-state index >= 15 is 0 Å². The van der Waals surface area contributed by atoms with Crippen LogP contribution in [0.1, 0.15) is 28.5 Å². The van der Waals surface area contributed by atoms with E-state index in [2.05, 4.69) is 16.0 Å². The van der Waals surface area contributed by atoms with Gasteiger partial charge in [0.15, 0.2) is 17.2 Å². The molecule has 0 radical (unpaired) electrons. The van der Waals surface area contributed by atoms with Crippen molar-refractivity contribution < 1.29 is 19.4 Å². The molecule has 7 nitrogen and oxygen atoms in total. The van der Waals surface area contributed by atoms with E-state index in [9.17, 15) is 5.11 Å². The number of aliphatic hydroxyl groups is 1. The number of ether oxygens (including phenoxy) is 2. The van der Waals surface area contributed by atoms with E-state index in [1.54, 1.807) is 38.6 Å². The molecule has 0 amide bonds. The number of rotatable bonds is 7. The van der Waals surface area contributed by atoms with Crippen molar-refractivity contribution in [1.29, 1.82) is 0 Å². The van der Waals surface area contributed by atoms with Crippen molar-refractivity contribution in [3.8, 4) is 17.2 Å². The summed E-state index contributed by atoms with van der Waals surface area (Å²) in [7, 11) is 3.15. The predicted molar refractivity (Wildman–Crippen MR) is 107 cm³/mol. The first-order valence-electron chi connectivity index (χ1n) is 8.88. The minimum Gasteiger partial charge on any atom is -0.493 e. The van der Waals surface area contributed by atoms with Gasteiger partial charge in [-0.2, -0.15) is 5.43 Å². The number of aryl methyl sites for hydroxylation is 3. The Kier molecular flexibility index (Phi) is 5.99. The molecule has 3 aromatic rings. The van der Waals surface area contributed by atoms with Gasteiger partial charge in [-0.05, 0) is 38.0 Å². The van der Waals surface area contributed by atoms with E-state index in [0.717, 1.165) is 27.6 Å². The van der Waals surface area contributed by atoms with Crippen LogP contribution in [0.15, 0.2) is 36.5 Å². The summed E-state index contributed by atoms with van der Waals surface area (Å²) < 4.78 is 10.7. The second-order valence-corrected chi connectivity index (χ2v) is 6.60. The van der Waals surface area contributed by atoms with Gasteiger partial charge in [-0.1, -0.05) is 23.3 Å². The molecule has 1 atom stereocenters. The fourth-order valence-corrected chi connectivity index (χ4v) is 3.37. The fraction of sp³-hybridized carbons (Fsp3) is 0.286. The first kappa shape index (κ1) is 19.9. The largest absolute Gasteiger partial charge is 0.493 e. The van der Waals surface area contributed by atoms with E-state index in [0.29, 0.717) is 22.8 Å². The molecule has 1 unspecified atom stereocenters. The first-order chi connectivity index (χ1) is 13.4. The Hall–Kier alpha value is -2.87.